The van der Waals surface area contributed by atoms with Gasteiger partial charge in [-0.2, -0.15) is 0 Å². The molecule has 0 atom stereocenters. The molecule has 0 radical (unpaired) electrons. The van der Waals surface area contributed by atoms with Gasteiger partial charge < -0.3 is 9.84 Å². The second-order valence-corrected chi connectivity index (χ2v) is 10.5. The summed E-state index contributed by atoms with van der Waals surface area (Å²) < 4.78 is 5.82. The molecule has 2 aromatic rings. The van der Waals surface area contributed by atoms with Crippen molar-refractivity contribution < 1.29 is 19.4 Å². The number of thioether (sulfide) groups is 1. The van der Waals surface area contributed by atoms with Crippen molar-refractivity contribution in [2.24, 2.45) is 5.41 Å². The number of carbonyl (C=O) groups is 2. The Morgan fingerprint density at radius 2 is 1.68 bits per heavy atom. The zero-order chi connectivity index (χ0) is 22.1. The van der Waals surface area contributed by atoms with E-state index in [0.29, 0.717) is 11.5 Å². The quantitative estimate of drug-likeness (QED) is 0.336. The highest BCUT2D eigenvalue weighted by molar-refractivity contribution is 7.99. The minimum absolute atomic E-state index is 0.165. The molecule has 0 heterocycles. The molecule has 4 nitrogen and oxygen atoms in total. The Balaban J connectivity index is 1.44. The average molecular weight is 439 g/mol. The zero-order valence-electron chi connectivity index (χ0n) is 18.3. The molecule has 0 aliphatic heterocycles. The van der Waals surface area contributed by atoms with Crippen molar-refractivity contribution in [1.29, 1.82) is 0 Å². The highest BCUT2D eigenvalue weighted by Gasteiger charge is 2.47. The van der Waals surface area contributed by atoms with E-state index in [9.17, 15) is 14.7 Å². The van der Waals surface area contributed by atoms with Crippen LogP contribution in [0.15, 0.2) is 47.4 Å². The van der Waals surface area contributed by atoms with Gasteiger partial charge in [0.15, 0.2) is 0 Å². The lowest BCUT2D eigenvalue weighted by Crippen LogP contribution is -2.45. The molecular formula is C26H30O4S. The topological polar surface area (TPSA) is 63.6 Å². The summed E-state index contributed by atoms with van der Waals surface area (Å²) in [5.74, 6) is 0.0413. The standard InChI is InChI=1S/C26H30O4S/c1-25(2,23(27)28)17-31-22-12-10-21(11-13-22)30-24(29)26(14-5-15-26)20-9-8-18-6-3-4-7-19(18)16-20/h8-13,16H,3-7,14-15,17H2,1-2H3,(H,27,28). The monoisotopic (exact) mass is 438 g/mol. The molecule has 2 aromatic carbocycles. The Bertz CT molecular complexity index is 973. The third kappa shape index (κ3) is 4.52. The summed E-state index contributed by atoms with van der Waals surface area (Å²) in [6, 6.07) is 14.0. The zero-order valence-corrected chi connectivity index (χ0v) is 19.1. The first-order chi connectivity index (χ1) is 14.8. The number of hydrogen-bond acceptors (Lipinski definition) is 4. The van der Waals surface area contributed by atoms with Gasteiger partial charge in [0.2, 0.25) is 0 Å². The molecule has 1 fully saturated rings. The molecule has 0 amide bonds. The van der Waals surface area contributed by atoms with Crippen molar-refractivity contribution >= 4 is 23.7 Å². The Morgan fingerprint density at radius 1 is 1.00 bits per heavy atom. The van der Waals surface area contributed by atoms with Gasteiger partial charge in [-0.1, -0.05) is 24.6 Å². The fourth-order valence-corrected chi connectivity index (χ4v) is 5.29. The van der Waals surface area contributed by atoms with Crippen LogP contribution in [0.25, 0.3) is 0 Å². The maximum atomic E-state index is 13.2. The van der Waals surface area contributed by atoms with Crippen LogP contribution in [0.4, 0.5) is 0 Å². The van der Waals surface area contributed by atoms with Crippen LogP contribution in [0, 0.1) is 5.41 Å². The fraction of sp³-hybridized carbons (Fsp3) is 0.462. The summed E-state index contributed by atoms with van der Waals surface area (Å²) in [6.45, 7) is 3.44. The molecule has 5 heteroatoms. The molecule has 164 valence electrons. The number of rotatable bonds is 7. The second-order valence-electron chi connectivity index (χ2n) is 9.46. The Hall–Kier alpha value is -2.27. The summed E-state index contributed by atoms with van der Waals surface area (Å²) in [5, 5.41) is 9.26. The van der Waals surface area contributed by atoms with Crippen molar-refractivity contribution in [1.82, 2.24) is 0 Å². The third-order valence-corrected chi connectivity index (χ3v) is 8.18. The number of esters is 1. The highest BCUT2D eigenvalue weighted by Crippen LogP contribution is 2.46. The molecule has 2 aliphatic rings. The smallest absolute Gasteiger partial charge is 0.321 e. The summed E-state index contributed by atoms with van der Waals surface area (Å²) in [7, 11) is 0. The third-order valence-electron chi connectivity index (χ3n) is 6.71. The van der Waals surface area contributed by atoms with Gasteiger partial charge in [0.05, 0.1) is 10.8 Å². The van der Waals surface area contributed by atoms with Gasteiger partial charge in [-0.3, -0.25) is 9.59 Å². The number of carboxylic acids is 1. The predicted molar refractivity (Wildman–Crippen MR) is 123 cm³/mol. The van der Waals surface area contributed by atoms with E-state index in [1.165, 1.54) is 35.7 Å². The van der Waals surface area contributed by atoms with Crippen LogP contribution < -0.4 is 4.74 Å². The number of aliphatic carboxylic acids is 1. The van der Waals surface area contributed by atoms with Crippen LogP contribution in [0.1, 0.15) is 62.6 Å². The molecule has 0 bridgehead atoms. The lowest BCUT2D eigenvalue weighted by molar-refractivity contribution is -0.146. The number of carbonyl (C=O) groups excluding carboxylic acids is 1. The Morgan fingerprint density at radius 3 is 2.29 bits per heavy atom. The molecule has 0 saturated heterocycles. The normalized spacial score (nSPS) is 17.4. The van der Waals surface area contributed by atoms with Gasteiger partial charge in [-0.15, -0.1) is 11.8 Å². The molecule has 0 spiro atoms. The van der Waals surface area contributed by atoms with Crippen LogP contribution in [0.5, 0.6) is 5.75 Å². The average Bonchev–Trinajstić information content (AvgIpc) is 2.72. The van der Waals surface area contributed by atoms with Crippen LogP contribution in [0.3, 0.4) is 0 Å². The van der Waals surface area contributed by atoms with E-state index in [1.807, 2.05) is 12.1 Å². The van der Waals surface area contributed by atoms with E-state index < -0.39 is 16.8 Å². The predicted octanol–water partition coefficient (Wildman–Crippen LogP) is 5.80. The first-order valence-corrected chi connectivity index (χ1v) is 12.1. The van der Waals surface area contributed by atoms with Gasteiger partial charge in [0.25, 0.3) is 0 Å². The molecule has 1 N–H and O–H groups in total. The number of fused-ring (bicyclic) bond motifs is 1. The van der Waals surface area contributed by atoms with E-state index in [4.69, 9.17) is 4.74 Å². The van der Waals surface area contributed by atoms with Crippen molar-refractivity contribution in [3.8, 4) is 5.75 Å². The van der Waals surface area contributed by atoms with Gasteiger partial charge >= 0.3 is 11.9 Å². The van der Waals surface area contributed by atoms with Crippen LogP contribution >= 0.6 is 11.8 Å². The summed E-state index contributed by atoms with van der Waals surface area (Å²) in [6.07, 6.45) is 7.43. The second kappa shape index (κ2) is 8.70. The molecule has 0 aromatic heterocycles. The highest BCUT2D eigenvalue weighted by atomic mass is 32.2. The van der Waals surface area contributed by atoms with Crippen LogP contribution in [-0.4, -0.2) is 22.8 Å². The molecular weight excluding hydrogens is 408 g/mol. The lowest BCUT2D eigenvalue weighted by atomic mass is 9.64. The maximum Gasteiger partial charge on any atom is 0.321 e. The van der Waals surface area contributed by atoms with Crippen molar-refractivity contribution in [3.63, 3.8) is 0 Å². The number of benzene rings is 2. The van der Waals surface area contributed by atoms with E-state index in [0.717, 1.165) is 42.6 Å². The van der Waals surface area contributed by atoms with E-state index in [1.54, 1.807) is 26.0 Å². The van der Waals surface area contributed by atoms with E-state index >= 15 is 0 Å². The first kappa shape index (κ1) is 21.9. The van der Waals surface area contributed by atoms with Crippen molar-refractivity contribution in [3.05, 3.63) is 59.2 Å². The minimum Gasteiger partial charge on any atom is -0.481 e. The largest absolute Gasteiger partial charge is 0.481 e. The minimum atomic E-state index is -0.807. The Kier molecular flexibility index (Phi) is 6.16. The number of hydrogen-bond donors (Lipinski definition) is 1. The van der Waals surface area contributed by atoms with Gasteiger partial charge in [-0.25, -0.2) is 0 Å². The molecule has 2 aliphatic carbocycles. The van der Waals surface area contributed by atoms with Crippen LogP contribution in [0.2, 0.25) is 0 Å². The summed E-state index contributed by atoms with van der Waals surface area (Å²) in [4.78, 5) is 25.4. The van der Waals surface area contributed by atoms with Crippen molar-refractivity contribution in [2.45, 2.75) is 69.1 Å². The number of aryl methyl sites for hydroxylation is 2. The van der Waals surface area contributed by atoms with E-state index in [-0.39, 0.29) is 5.97 Å². The van der Waals surface area contributed by atoms with E-state index in [2.05, 4.69) is 18.2 Å². The summed E-state index contributed by atoms with van der Waals surface area (Å²) >= 11 is 1.49. The molecule has 31 heavy (non-hydrogen) atoms. The first-order valence-electron chi connectivity index (χ1n) is 11.1. The SMILES string of the molecule is CC(C)(CSc1ccc(OC(=O)C2(c3ccc4c(c3)CCCC4)CCC2)cc1)C(=O)O. The lowest BCUT2D eigenvalue weighted by Gasteiger charge is -2.40. The molecule has 4 rings (SSSR count). The Labute approximate surface area is 188 Å². The van der Waals surface area contributed by atoms with Crippen molar-refractivity contribution in [2.75, 3.05) is 5.75 Å². The van der Waals surface area contributed by atoms with Gasteiger partial charge in [0.1, 0.15) is 5.75 Å². The number of ether oxygens (including phenoxy) is 1. The summed E-state index contributed by atoms with van der Waals surface area (Å²) in [5.41, 5.74) is 2.62. The van der Waals surface area contributed by atoms with Gasteiger partial charge in [-0.05, 0) is 93.3 Å². The fourth-order valence-electron chi connectivity index (χ4n) is 4.31. The molecule has 1 saturated carbocycles. The number of carboxylic acid groups (broad SMARTS) is 1. The maximum absolute atomic E-state index is 13.2. The molecule has 0 unspecified atom stereocenters. The van der Waals surface area contributed by atoms with Gasteiger partial charge in [0, 0.05) is 10.6 Å². The van der Waals surface area contributed by atoms with Crippen LogP contribution in [-0.2, 0) is 27.8 Å².